The van der Waals surface area contributed by atoms with E-state index in [4.69, 9.17) is 0 Å². The first-order chi connectivity index (χ1) is 8.10. The third-order valence-corrected chi connectivity index (χ3v) is 6.81. The van der Waals surface area contributed by atoms with Crippen LogP contribution < -0.4 is 0 Å². The average Bonchev–Trinajstić information content (AvgIpc) is 2.34. The van der Waals surface area contributed by atoms with Crippen LogP contribution in [-0.2, 0) is 0 Å². The lowest BCUT2D eigenvalue weighted by Gasteiger charge is -2.38. The Morgan fingerprint density at radius 3 is 2.59 bits per heavy atom. The van der Waals surface area contributed by atoms with Crippen molar-refractivity contribution in [1.29, 1.82) is 0 Å². The second-order valence-corrected chi connectivity index (χ2v) is 8.19. The SMILES string of the molecule is CC(C)=CCC1(C(C)C#CCBr)SCCCS1. The lowest BCUT2D eigenvalue weighted by atomic mass is 10.0. The molecule has 96 valence electrons. The van der Waals surface area contributed by atoms with Crippen molar-refractivity contribution in [2.24, 2.45) is 5.92 Å². The molecule has 0 aliphatic carbocycles. The molecule has 3 heteroatoms. The van der Waals surface area contributed by atoms with Crippen LogP contribution in [0.1, 0.15) is 33.6 Å². The Kier molecular flexibility index (Phi) is 7.14. The van der Waals surface area contributed by atoms with E-state index in [2.05, 4.69) is 78.1 Å². The lowest BCUT2D eigenvalue weighted by Crippen LogP contribution is -2.31. The quantitative estimate of drug-likeness (QED) is 0.407. The van der Waals surface area contributed by atoms with Crippen molar-refractivity contribution < 1.29 is 0 Å². The van der Waals surface area contributed by atoms with Crippen LogP contribution in [0.2, 0.25) is 0 Å². The molecule has 0 nitrogen and oxygen atoms in total. The van der Waals surface area contributed by atoms with Crippen LogP contribution >= 0.6 is 39.5 Å². The summed E-state index contributed by atoms with van der Waals surface area (Å²) in [5.74, 6) is 9.59. The first kappa shape index (κ1) is 15.5. The standard InChI is InChI=1S/C14H21BrS2/c1-12(2)7-8-14(13(3)6-4-9-15)16-10-5-11-17-14/h7,13H,5,8-11H2,1-3H3. The van der Waals surface area contributed by atoms with Gasteiger partial charge in [0, 0.05) is 5.92 Å². The van der Waals surface area contributed by atoms with Crippen LogP contribution in [0.25, 0.3) is 0 Å². The first-order valence-electron chi connectivity index (χ1n) is 6.06. The van der Waals surface area contributed by atoms with Crippen LogP contribution in [0.5, 0.6) is 0 Å². The Bertz CT molecular complexity index is 315. The van der Waals surface area contributed by atoms with Crippen LogP contribution in [0.15, 0.2) is 11.6 Å². The van der Waals surface area contributed by atoms with Gasteiger partial charge in [-0.1, -0.05) is 39.4 Å². The molecule has 1 rings (SSSR count). The topological polar surface area (TPSA) is 0 Å². The van der Waals surface area contributed by atoms with E-state index in [1.165, 1.54) is 23.5 Å². The Morgan fingerprint density at radius 1 is 1.41 bits per heavy atom. The van der Waals surface area contributed by atoms with Gasteiger partial charge in [-0.15, -0.1) is 23.5 Å². The molecule has 0 radical (unpaired) electrons. The van der Waals surface area contributed by atoms with Gasteiger partial charge in [-0.2, -0.15) is 0 Å². The van der Waals surface area contributed by atoms with Gasteiger partial charge in [-0.05, 0) is 45.1 Å². The molecule has 0 amide bonds. The molecule has 0 aromatic heterocycles. The van der Waals surface area contributed by atoms with Gasteiger partial charge in [0.1, 0.15) is 0 Å². The summed E-state index contributed by atoms with van der Waals surface area (Å²) in [4.78, 5) is 0. The van der Waals surface area contributed by atoms with Gasteiger partial charge in [0.2, 0.25) is 0 Å². The Labute approximate surface area is 123 Å². The molecule has 1 saturated heterocycles. The molecule has 0 N–H and O–H groups in total. The number of hydrogen-bond acceptors (Lipinski definition) is 2. The van der Waals surface area contributed by atoms with E-state index in [0.717, 1.165) is 11.8 Å². The zero-order valence-electron chi connectivity index (χ0n) is 10.9. The molecule has 1 atom stereocenters. The maximum Gasteiger partial charge on any atom is 0.0779 e. The molecule has 1 heterocycles. The minimum atomic E-state index is 0.282. The molecule has 17 heavy (non-hydrogen) atoms. The molecule has 1 unspecified atom stereocenters. The summed E-state index contributed by atoms with van der Waals surface area (Å²) in [5.41, 5.74) is 1.41. The molecular formula is C14H21BrS2. The summed E-state index contributed by atoms with van der Waals surface area (Å²) in [6.45, 7) is 6.64. The van der Waals surface area contributed by atoms with Crippen LogP contribution in [0, 0.1) is 17.8 Å². The van der Waals surface area contributed by atoms with Crippen molar-refractivity contribution in [1.82, 2.24) is 0 Å². The van der Waals surface area contributed by atoms with E-state index >= 15 is 0 Å². The molecule has 1 fully saturated rings. The summed E-state index contributed by atoms with van der Waals surface area (Å²) in [7, 11) is 0. The number of thioether (sulfide) groups is 2. The summed E-state index contributed by atoms with van der Waals surface area (Å²) in [6, 6.07) is 0. The van der Waals surface area contributed by atoms with E-state index in [0.29, 0.717) is 5.92 Å². The molecule has 0 aromatic rings. The number of hydrogen-bond donors (Lipinski definition) is 0. The van der Waals surface area contributed by atoms with Gasteiger partial charge in [0.15, 0.2) is 0 Å². The normalized spacial score (nSPS) is 20.0. The highest BCUT2D eigenvalue weighted by atomic mass is 79.9. The maximum absolute atomic E-state index is 3.40. The highest BCUT2D eigenvalue weighted by Gasteiger charge is 2.37. The summed E-state index contributed by atoms with van der Waals surface area (Å²) >= 11 is 7.61. The van der Waals surface area contributed by atoms with E-state index in [1.54, 1.807) is 0 Å². The number of rotatable bonds is 3. The van der Waals surface area contributed by atoms with Gasteiger partial charge in [-0.3, -0.25) is 0 Å². The predicted octanol–water partition coefficient (Wildman–Crippen LogP) is 4.94. The predicted molar refractivity (Wildman–Crippen MR) is 87.0 cm³/mol. The third kappa shape index (κ3) is 4.93. The fraction of sp³-hybridized carbons (Fsp3) is 0.714. The average molecular weight is 333 g/mol. The zero-order valence-corrected chi connectivity index (χ0v) is 14.1. The minimum Gasteiger partial charge on any atom is -0.143 e. The maximum atomic E-state index is 3.40. The molecule has 0 aromatic carbocycles. The molecule has 1 aliphatic heterocycles. The number of halogens is 1. The Hall–Kier alpha value is 0.480. The number of allylic oxidation sites excluding steroid dienone is 2. The van der Waals surface area contributed by atoms with E-state index < -0.39 is 0 Å². The summed E-state index contributed by atoms with van der Waals surface area (Å²) < 4.78 is 0.282. The van der Waals surface area contributed by atoms with Crippen LogP contribution in [0.4, 0.5) is 0 Å². The molecule has 1 aliphatic rings. The molecule has 0 saturated carbocycles. The van der Waals surface area contributed by atoms with Gasteiger partial charge in [-0.25, -0.2) is 0 Å². The fourth-order valence-corrected chi connectivity index (χ4v) is 5.25. The van der Waals surface area contributed by atoms with Gasteiger partial charge < -0.3 is 0 Å². The largest absolute Gasteiger partial charge is 0.143 e. The Balaban J connectivity index is 2.80. The number of alkyl halides is 1. The van der Waals surface area contributed by atoms with E-state index in [1.807, 2.05) is 0 Å². The second-order valence-electron chi connectivity index (χ2n) is 4.52. The molecule has 0 bridgehead atoms. The zero-order chi connectivity index (χ0) is 12.7. The van der Waals surface area contributed by atoms with Crippen LogP contribution in [-0.4, -0.2) is 20.9 Å². The van der Waals surface area contributed by atoms with E-state index in [9.17, 15) is 0 Å². The van der Waals surface area contributed by atoms with Crippen molar-refractivity contribution in [3.63, 3.8) is 0 Å². The van der Waals surface area contributed by atoms with Crippen molar-refractivity contribution >= 4 is 39.5 Å². The molecule has 0 spiro atoms. The second kappa shape index (κ2) is 7.81. The highest BCUT2D eigenvalue weighted by molar-refractivity contribution is 9.09. The van der Waals surface area contributed by atoms with Crippen LogP contribution in [0.3, 0.4) is 0 Å². The monoisotopic (exact) mass is 332 g/mol. The smallest absolute Gasteiger partial charge is 0.0779 e. The summed E-state index contributed by atoms with van der Waals surface area (Å²) in [6.07, 6.45) is 4.85. The van der Waals surface area contributed by atoms with Crippen molar-refractivity contribution in [3.05, 3.63) is 11.6 Å². The van der Waals surface area contributed by atoms with Crippen molar-refractivity contribution in [2.75, 3.05) is 16.8 Å². The van der Waals surface area contributed by atoms with E-state index in [-0.39, 0.29) is 4.08 Å². The third-order valence-electron chi connectivity index (χ3n) is 2.82. The van der Waals surface area contributed by atoms with Crippen molar-refractivity contribution in [3.8, 4) is 11.8 Å². The van der Waals surface area contributed by atoms with Gasteiger partial charge in [0.25, 0.3) is 0 Å². The summed E-state index contributed by atoms with van der Waals surface area (Å²) in [5, 5.41) is 0.783. The molecular weight excluding hydrogens is 312 g/mol. The van der Waals surface area contributed by atoms with Gasteiger partial charge >= 0.3 is 0 Å². The first-order valence-corrected chi connectivity index (χ1v) is 9.15. The fourth-order valence-electron chi connectivity index (χ4n) is 1.78. The van der Waals surface area contributed by atoms with Crippen molar-refractivity contribution in [2.45, 2.75) is 37.7 Å². The minimum absolute atomic E-state index is 0.282. The Morgan fingerprint density at radius 2 is 2.06 bits per heavy atom. The van der Waals surface area contributed by atoms with Gasteiger partial charge in [0.05, 0.1) is 9.41 Å². The lowest BCUT2D eigenvalue weighted by molar-refractivity contribution is 0.645. The highest BCUT2D eigenvalue weighted by Crippen LogP contribution is 2.50.